The van der Waals surface area contributed by atoms with Crippen molar-refractivity contribution < 1.29 is 23.7 Å². The number of hydrogen-bond donors (Lipinski definition) is 0. The zero-order valence-electron chi connectivity index (χ0n) is 19.6. The van der Waals surface area contributed by atoms with Gasteiger partial charge in [-0.1, -0.05) is 36.4 Å². The largest absolute Gasteiger partial charge is 0.497 e. The van der Waals surface area contributed by atoms with Gasteiger partial charge in [-0.25, -0.2) is 9.78 Å². The van der Waals surface area contributed by atoms with Crippen molar-refractivity contribution in [3.8, 4) is 17.2 Å². The van der Waals surface area contributed by atoms with E-state index in [0.717, 1.165) is 5.56 Å². The molecule has 0 amide bonds. The van der Waals surface area contributed by atoms with Crippen LogP contribution in [0.1, 0.15) is 11.4 Å². The average Bonchev–Trinajstić information content (AvgIpc) is 2.88. The highest BCUT2D eigenvalue weighted by atomic mass is 16.6. The average molecular weight is 475 g/mol. The van der Waals surface area contributed by atoms with Gasteiger partial charge in [0, 0.05) is 6.07 Å². The fourth-order valence-corrected chi connectivity index (χ4v) is 3.54. The van der Waals surface area contributed by atoms with Crippen LogP contribution in [0.3, 0.4) is 0 Å². The van der Waals surface area contributed by atoms with Gasteiger partial charge in [0.25, 0.3) is 5.56 Å². The highest BCUT2D eigenvalue weighted by molar-refractivity contribution is 5.77. The van der Waals surface area contributed by atoms with E-state index in [4.69, 9.17) is 18.9 Å². The van der Waals surface area contributed by atoms with Gasteiger partial charge in [0.05, 0.1) is 24.6 Å². The second-order valence-electron chi connectivity index (χ2n) is 7.74. The number of carbonyl (C=O) groups excluding carboxylic acids is 1. The molecule has 0 aliphatic carbocycles. The number of benzene rings is 3. The molecular formula is C27H26N2O6. The number of hydrogen-bond acceptors (Lipinski definition) is 7. The molecule has 35 heavy (non-hydrogen) atoms. The van der Waals surface area contributed by atoms with E-state index in [-0.39, 0.29) is 31.9 Å². The normalized spacial score (nSPS) is 10.7. The molecule has 4 aromatic rings. The van der Waals surface area contributed by atoms with Crippen molar-refractivity contribution in [1.29, 1.82) is 0 Å². The predicted octanol–water partition coefficient (Wildman–Crippen LogP) is 3.91. The summed E-state index contributed by atoms with van der Waals surface area (Å²) in [7, 11) is 1.55. The predicted molar refractivity (Wildman–Crippen MR) is 131 cm³/mol. The van der Waals surface area contributed by atoms with Crippen LogP contribution in [0.4, 0.5) is 0 Å². The van der Waals surface area contributed by atoms with Crippen LogP contribution >= 0.6 is 0 Å². The quantitative estimate of drug-likeness (QED) is 0.322. The number of para-hydroxylation sites is 2. The van der Waals surface area contributed by atoms with Gasteiger partial charge in [0.2, 0.25) is 0 Å². The number of fused-ring (bicyclic) bond motifs is 1. The third kappa shape index (κ3) is 5.97. The van der Waals surface area contributed by atoms with E-state index < -0.39 is 5.97 Å². The lowest BCUT2D eigenvalue weighted by atomic mass is 10.2. The Labute approximate surface area is 202 Å². The van der Waals surface area contributed by atoms with E-state index in [1.54, 1.807) is 49.6 Å². The van der Waals surface area contributed by atoms with Gasteiger partial charge in [-0.15, -0.1) is 0 Å². The van der Waals surface area contributed by atoms with Crippen LogP contribution in [0.15, 0.2) is 77.6 Å². The van der Waals surface area contributed by atoms with Gasteiger partial charge in [0.1, 0.15) is 36.3 Å². The fraction of sp³-hybridized carbons (Fsp3) is 0.222. The summed E-state index contributed by atoms with van der Waals surface area (Å²) in [6, 6.07) is 21.7. The molecule has 0 bridgehead atoms. The zero-order valence-corrected chi connectivity index (χ0v) is 19.6. The molecule has 0 aliphatic rings. The van der Waals surface area contributed by atoms with Gasteiger partial charge in [-0.05, 0) is 42.8 Å². The summed E-state index contributed by atoms with van der Waals surface area (Å²) >= 11 is 0. The van der Waals surface area contributed by atoms with Crippen molar-refractivity contribution in [3.05, 3.63) is 94.5 Å². The van der Waals surface area contributed by atoms with Crippen molar-refractivity contribution in [2.45, 2.75) is 20.1 Å². The minimum Gasteiger partial charge on any atom is -0.497 e. The molecule has 0 fully saturated rings. The number of aryl methyl sites for hydroxylation is 1. The standard InChI is InChI=1S/C27H26N2O6/c1-19-8-3-6-13-24(19)35-17-25-28-23-12-5-4-11-22(23)27(31)29(25)14-15-33-26(30)18-34-21-10-7-9-20(16-21)32-2/h3-13,16H,14-15,17-18H2,1-2H3. The summed E-state index contributed by atoms with van der Waals surface area (Å²) in [5, 5.41) is 0.486. The van der Waals surface area contributed by atoms with Gasteiger partial charge >= 0.3 is 5.97 Å². The molecule has 8 nitrogen and oxygen atoms in total. The van der Waals surface area contributed by atoms with Crippen molar-refractivity contribution in [2.24, 2.45) is 0 Å². The number of esters is 1. The number of rotatable bonds is 10. The molecule has 3 aromatic carbocycles. The minimum atomic E-state index is -0.549. The second-order valence-corrected chi connectivity index (χ2v) is 7.74. The molecule has 0 saturated heterocycles. The summed E-state index contributed by atoms with van der Waals surface area (Å²) in [5.41, 5.74) is 1.34. The fourth-order valence-electron chi connectivity index (χ4n) is 3.54. The Balaban J connectivity index is 1.43. The van der Waals surface area contributed by atoms with Crippen LogP contribution < -0.4 is 19.8 Å². The summed E-state index contributed by atoms with van der Waals surface area (Å²) in [5.74, 6) is 1.72. The maximum Gasteiger partial charge on any atom is 0.344 e. The van der Waals surface area contributed by atoms with Crippen LogP contribution in [-0.2, 0) is 22.7 Å². The Morgan fingerprint density at radius 1 is 0.943 bits per heavy atom. The molecule has 0 aliphatic heterocycles. The Morgan fingerprint density at radius 3 is 2.54 bits per heavy atom. The van der Waals surface area contributed by atoms with Crippen LogP contribution in [0.5, 0.6) is 17.2 Å². The van der Waals surface area contributed by atoms with Crippen molar-refractivity contribution in [2.75, 3.05) is 20.3 Å². The summed E-state index contributed by atoms with van der Waals surface area (Å²) in [6.45, 7) is 1.90. The Kier molecular flexibility index (Phi) is 7.62. The smallest absolute Gasteiger partial charge is 0.344 e. The van der Waals surface area contributed by atoms with Gasteiger partial charge in [-0.3, -0.25) is 9.36 Å². The number of nitrogens with zero attached hydrogens (tertiary/aromatic N) is 2. The minimum absolute atomic E-state index is 0.0163. The van der Waals surface area contributed by atoms with Gasteiger partial charge < -0.3 is 18.9 Å². The topological polar surface area (TPSA) is 88.9 Å². The number of ether oxygens (including phenoxy) is 4. The van der Waals surface area contributed by atoms with E-state index in [0.29, 0.717) is 34.0 Å². The molecule has 180 valence electrons. The van der Waals surface area contributed by atoms with Crippen molar-refractivity contribution >= 4 is 16.9 Å². The first-order chi connectivity index (χ1) is 17.0. The second kappa shape index (κ2) is 11.2. The van der Waals surface area contributed by atoms with Gasteiger partial charge in [-0.2, -0.15) is 0 Å². The van der Waals surface area contributed by atoms with Crippen LogP contribution in [0.2, 0.25) is 0 Å². The lowest BCUT2D eigenvalue weighted by Crippen LogP contribution is -2.29. The molecule has 8 heteroatoms. The van der Waals surface area contributed by atoms with E-state index >= 15 is 0 Å². The van der Waals surface area contributed by atoms with Gasteiger partial charge in [0.15, 0.2) is 6.61 Å². The summed E-state index contributed by atoms with van der Waals surface area (Å²) in [6.07, 6.45) is 0. The number of aromatic nitrogens is 2. The molecule has 1 heterocycles. The molecule has 0 saturated carbocycles. The van der Waals surface area contributed by atoms with E-state index in [1.165, 1.54) is 4.57 Å². The Morgan fingerprint density at radius 2 is 1.71 bits per heavy atom. The van der Waals surface area contributed by atoms with Crippen LogP contribution in [0.25, 0.3) is 10.9 Å². The molecule has 0 unspecified atom stereocenters. The van der Waals surface area contributed by atoms with E-state index in [9.17, 15) is 9.59 Å². The Hall–Kier alpha value is -4.33. The third-order valence-electron chi connectivity index (χ3n) is 5.37. The molecule has 0 radical (unpaired) electrons. The lowest BCUT2D eigenvalue weighted by Gasteiger charge is -2.15. The number of methoxy groups -OCH3 is 1. The maximum atomic E-state index is 13.2. The van der Waals surface area contributed by atoms with Crippen LogP contribution in [0, 0.1) is 6.92 Å². The summed E-state index contributed by atoms with van der Waals surface area (Å²) < 4.78 is 23.3. The van der Waals surface area contributed by atoms with Crippen molar-refractivity contribution in [1.82, 2.24) is 9.55 Å². The Bertz CT molecular complexity index is 1380. The molecule has 0 N–H and O–H groups in total. The maximum absolute atomic E-state index is 13.2. The zero-order chi connectivity index (χ0) is 24.6. The number of carbonyl (C=O) groups is 1. The molecule has 0 atom stereocenters. The molecule has 1 aromatic heterocycles. The molecular weight excluding hydrogens is 448 g/mol. The SMILES string of the molecule is COc1cccc(OCC(=O)OCCn2c(COc3ccccc3C)nc3ccccc3c2=O)c1. The monoisotopic (exact) mass is 474 g/mol. The first-order valence-corrected chi connectivity index (χ1v) is 11.1. The molecule has 0 spiro atoms. The van der Waals surface area contributed by atoms with Crippen molar-refractivity contribution in [3.63, 3.8) is 0 Å². The molecule has 4 rings (SSSR count). The first-order valence-electron chi connectivity index (χ1n) is 11.1. The van der Waals surface area contributed by atoms with Crippen LogP contribution in [-0.4, -0.2) is 35.8 Å². The van der Waals surface area contributed by atoms with E-state index in [2.05, 4.69) is 4.98 Å². The first kappa shape index (κ1) is 23.8. The third-order valence-corrected chi connectivity index (χ3v) is 5.37. The van der Waals surface area contributed by atoms with E-state index in [1.807, 2.05) is 37.3 Å². The summed E-state index contributed by atoms with van der Waals surface area (Å²) in [4.78, 5) is 30.0. The highest BCUT2D eigenvalue weighted by Gasteiger charge is 2.13. The highest BCUT2D eigenvalue weighted by Crippen LogP contribution is 2.19. The lowest BCUT2D eigenvalue weighted by molar-refractivity contribution is -0.146.